The summed E-state index contributed by atoms with van der Waals surface area (Å²) in [5, 5.41) is 7.41. The van der Waals surface area contributed by atoms with Crippen LogP contribution in [-0.4, -0.2) is 39.6 Å². The van der Waals surface area contributed by atoms with E-state index in [4.69, 9.17) is 0 Å². The van der Waals surface area contributed by atoms with Crippen LogP contribution >= 0.6 is 0 Å². The number of nitrogens with zero attached hydrogens (tertiary/aromatic N) is 3. The third-order valence-electron chi connectivity index (χ3n) is 6.74. The van der Waals surface area contributed by atoms with E-state index in [2.05, 4.69) is 46.8 Å². The Morgan fingerprint density at radius 2 is 1.67 bits per heavy atom. The smallest absolute Gasteiger partial charge is 0.225 e. The maximum absolute atomic E-state index is 12.8. The Morgan fingerprint density at radius 1 is 0.909 bits per heavy atom. The van der Waals surface area contributed by atoms with E-state index in [9.17, 15) is 9.59 Å². The molecule has 6 heteroatoms. The van der Waals surface area contributed by atoms with Crippen LogP contribution in [0.5, 0.6) is 0 Å². The fraction of sp³-hybridized carbons (Fsp3) is 0.370. The largest absolute Gasteiger partial charge is 0.352 e. The number of hydrogen-bond donors (Lipinski definition) is 1. The van der Waals surface area contributed by atoms with Gasteiger partial charge in [-0.25, -0.2) is 0 Å². The first-order valence-corrected chi connectivity index (χ1v) is 11.9. The molecular weight excluding hydrogens is 412 g/mol. The van der Waals surface area contributed by atoms with Crippen molar-refractivity contribution >= 4 is 11.8 Å². The number of piperidine rings is 1. The highest BCUT2D eigenvalue weighted by atomic mass is 16.2. The van der Waals surface area contributed by atoms with Crippen LogP contribution in [0, 0.1) is 11.8 Å². The van der Waals surface area contributed by atoms with Crippen molar-refractivity contribution < 1.29 is 9.59 Å². The lowest BCUT2D eigenvalue weighted by Crippen LogP contribution is -2.43. The van der Waals surface area contributed by atoms with Crippen molar-refractivity contribution in [3.05, 3.63) is 78.1 Å². The molecule has 1 aromatic heterocycles. The molecule has 170 valence electrons. The van der Waals surface area contributed by atoms with Crippen LogP contribution in [0.15, 0.2) is 67.0 Å². The molecule has 2 heterocycles. The van der Waals surface area contributed by atoms with E-state index in [-0.39, 0.29) is 17.7 Å². The summed E-state index contributed by atoms with van der Waals surface area (Å²) in [6, 6.07) is 18.7. The molecule has 3 aromatic rings. The SMILES string of the molecule is O=C(NCc1ccccc1-c1ccc(Cn2cccn2)cc1)C1CCN(C(=O)C2CC2)CC1. The van der Waals surface area contributed by atoms with Gasteiger partial charge in [0.25, 0.3) is 0 Å². The van der Waals surface area contributed by atoms with Gasteiger partial charge in [0.05, 0.1) is 6.54 Å². The molecule has 1 aliphatic heterocycles. The van der Waals surface area contributed by atoms with Gasteiger partial charge in [-0.05, 0) is 54.0 Å². The normalized spacial score (nSPS) is 16.5. The summed E-state index contributed by atoms with van der Waals surface area (Å²) in [6.07, 6.45) is 7.32. The van der Waals surface area contributed by atoms with Crippen molar-refractivity contribution in [2.45, 2.75) is 38.8 Å². The molecule has 5 rings (SSSR count). The summed E-state index contributed by atoms with van der Waals surface area (Å²) in [6.45, 7) is 2.66. The van der Waals surface area contributed by atoms with Gasteiger partial charge in [-0.2, -0.15) is 5.10 Å². The Kier molecular flexibility index (Phi) is 6.24. The Morgan fingerprint density at radius 3 is 2.36 bits per heavy atom. The first-order chi connectivity index (χ1) is 16.2. The second kappa shape index (κ2) is 9.61. The quantitative estimate of drug-likeness (QED) is 0.604. The highest BCUT2D eigenvalue weighted by Gasteiger charge is 2.35. The van der Waals surface area contributed by atoms with Crippen molar-refractivity contribution in [1.29, 1.82) is 0 Å². The highest BCUT2D eigenvalue weighted by molar-refractivity contribution is 5.82. The Hall–Kier alpha value is -3.41. The molecule has 1 N–H and O–H groups in total. The monoisotopic (exact) mass is 442 g/mol. The van der Waals surface area contributed by atoms with Crippen LogP contribution in [0.2, 0.25) is 0 Å². The van der Waals surface area contributed by atoms with E-state index in [0.29, 0.717) is 25.5 Å². The second-order valence-corrected chi connectivity index (χ2v) is 9.15. The van der Waals surface area contributed by atoms with E-state index in [0.717, 1.165) is 48.9 Å². The number of amides is 2. The predicted octanol–water partition coefficient (Wildman–Crippen LogP) is 3.86. The standard InChI is InChI=1S/C27H30N4O2/c32-26(22-12-16-30(17-13-22)27(33)23-10-11-23)28-18-24-4-1-2-5-25(24)21-8-6-20(7-9-21)19-31-15-3-14-29-31/h1-9,14-15,22-23H,10-13,16-19H2,(H,28,32). The molecule has 1 saturated heterocycles. The molecule has 0 spiro atoms. The third kappa shape index (κ3) is 5.16. The van der Waals surface area contributed by atoms with Crippen molar-refractivity contribution in [2.75, 3.05) is 13.1 Å². The molecular formula is C27H30N4O2. The fourth-order valence-electron chi connectivity index (χ4n) is 4.60. The summed E-state index contributed by atoms with van der Waals surface area (Å²) in [7, 11) is 0. The van der Waals surface area contributed by atoms with Gasteiger partial charge < -0.3 is 10.2 Å². The minimum Gasteiger partial charge on any atom is -0.352 e. The van der Waals surface area contributed by atoms with E-state index >= 15 is 0 Å². The molecule has 2 amide bonds. The minimum atomic E-state index is -0.0120. The average Bonchev–Trinajstić information content (AvgIpc) is 3.59. The molecule has 1 saturated carbocycles. The van der Waals surface area contributed by atoms with Crippen LogP contribution in [0.1, 0.15) is 36.8 Å². The van der Waals surface area contributed by atoms with Gasteiger partial charge in [0, 0.05) is 43.9 Å². The summed E-state index contributed by atoms with van der Waals surface area (Å²) < 4.78 is 1.91. The van der Waals surface area contributed by atoms with Gasteiger partial charge in [-0.15, -0.1) is 0 Å². The lowest BCUT2D eigenvalue weighted by molar-refractivity contribution is -0.136. The molecule has 0 bridgehead atoms. The minimum absolute atomic E-state index is 0.0120. The van der Waals surface area contributed by atoms with Crippen molar-refractivity contribution in [1.82, 2.24) is 20.0 Å². The molecule has 2 fully saturated rings. The fourth-order valence-corrected chi connectivity index (χ4v) is 4.60. The maximum Gasteiger partial charge on any atom is 0.225 e. The first-order valence-electron chi connectivity index (χ1n) is 11.9. The maximum atomic E-state index is 12.8. The number of carbonyl (C=O) groups is 2. The number of likely N-dealkylation sites (tertiary alicyclic amines) is 1. The second-order valence-electron chi connectivity index (χ2n) is 9.15. The summed E-state index contributed by atoms with van der Waals surface area (Å²) in [4.78, 5) is 27.0. The zero-order valence-electron chi connectivity index (χ0n) is 18.8. The van der Waals surface area contributed by atoms with Crippen LogP contribution < -0.4 is 5.32 Å². The highest BCUT2D eigenvalue weighted by Crippen LogP contribution is 2.32. The van der Waals surface area contributed by atoms with E-state index in [1.54, 1.807) is 6.20 Å². The van der Waals surface area contributed by atoms with Gasteiger partial charge in [0.15, 0.2) is 0 Å². The molecule has 0 atom stereocenters. The number of rotatable bonds is 7. The van der Waals surface area contributed by atoms with Gasteiger partial charge in [0.2, 0.25) is 11.8 Å². The number of hydrogen-bond acceptors (Lipinski definition) is 3. The predicted molar refractivity (Wildman–Crippen MR) is 127 cm³/mol. The molecule has 33 heavy (non-hydrogen) atoms. The van der Waals surface area contributed by atoms with Crippen LogP contribution in [-0.2, 0) is 22.7 Å². The zero-order valence-corrected chi connectivity index (χ0v) is 18.8. The zero-order chi connectivity index (χ0) is 22.6. The van der Waals surface area contributed by atoms with Crippen LogP contribution in [0.25, 0.3) is 11.1 Å². The lowest BCUT2D eigenvalue weighted by Gasteiger charge is -2.31. The molecule has 0 radical (unpaired) electrons. The molecule has 2 aliphatic rings. The Balaban J connectivity index is 1.18. The number of nitrogens with one attached hydrogen (secondary N) is 1. The summed E-state index contributed by atoms with van der Waals surface area (Å²) in [5.74, 6) is 0.629. The van der Waals surface area contributed by atoms with Crippen LogP contribution in [0.4, 0.5) is 0 Å². The van der Waals surface area contributed by atoms with Crippen LogP contribution in [0.3, 0.4) is 0 Å². The number of aromatic nitrogens is 2. The van der Waals surface area contributed by atoms with Gasteiger partial charge in [-0.1, -0.05) is 48.5 Å². The summed E-state index contributed by atoms with van der Waals surface area (Å²) >= 11 is 0. The lowest BCUT2D eigenvalue weighted by atomic mass is 9.95. The molecule has 6 nitrogen and oxygen atoms in total. The van der Waals surface area contributed by atoms with E-state index < -0.39 is 0 Å². The Bertz CT molecular complexity index is 1100. The summed E-state index contributed by atoms with van der Waals surface area (Å²) in [5.41, 5.74) is 4.57. The first kappa shape index (κ1) is 21.4. The average molecular weight is 443 g/mol. The molecule has 1 aliphatic carbocycles. The van der Waals surface area contributed by atoms with E-state index in [1.807, 2.05) is 34.0 Å². The topological polar surface area (TPSA) is 67.2 Å². The van der Waals surface area contributed by atoms with Gasteiger partial charge in [0.1, 0.15) is 0 Å². The van der Waals surface area contributed by atoms with E-state index in [1.165, 1.54) is 5.56 Å². The van der Waals surface area contributed by atoms with Gasteiger partial charge >= 0.3 is 0 Å². The molecule has 0 unspecified atom stereocenters. The number of benzene rings is 2. The Labute approximate surface area is 194 Å². The number of carbonyl (C=O) groups excluding carboxylic acids is 2. The van der Waals surface area contributed by atoms with Crippen molar-refractivity contribution in [2.24, 2.45) is 11.8 Å². The van der Waals surface area contributed by atoms with Gasteiger partial charge in [-0.3, -0.25) is 14.3 Å². The third-order valence-corrected chi connectivity index (χ3v) is 6.74. The molecule has 2 aromatic carbocycles. The van der Waals surface area contributed by atoms with Crippen molar-refractivity contribution in [3.8, 4) is 11.1 Å². The van der Waals surface area contributed by atoms with Crippen molar-refractivity contribution in [3.63, 3.8) is 0 Å².